The molecule has 0 aromatic heterocycles. The fourth-order valence-corrected chi connectivity index (χ4v) is 3.31. The molecule has 9 heteroatoms. The Bertz CT molecular complexity index is 843. The molecule has 158 valence electrons. The van der Waals surface area contributed by atoms with Gasteiger partial charge in [-0.25, -0.2) is 0 Å². The molecule has 2 fully saturated rings. The molecule has 0 unspecified atom stereocenters. The van der Waals surface area contributed by atoms with E-state index in [0.29, 0.717) is 26.2 Å². The fraction of sp³-hybridized carbons (Fsp3) is 0.381. The van der Waals surface area contributed by atoms with Gasteiger partial charge < -0.3 is 15.1 Å². The van der Waals surface area contributed by atoms with E-state index in [1.165, 1.54) is 6.08 Å². The Morgan fingerprint density at radius 3 is 2.03 bits per heavy atom. The molecule has 0 aliphatic carbocycles. The zero-order valence-corrected chi connectivity index (χ0v) is 16.6. The highest BCUT2D eigenvalue weighted by Gasteiger charge is 2.32. The van der Waals surface area contributed by atoms with Gasteiger partial charge in [0.25, 0.3) is 0 Å². The van der Waals surface area contributed by atoms with E-state index in [0.717, 1.165) is 10.5 Å². The molecule has 2 saturated heterocycles. The van der Waals surface area contributed by atoms with Gasteiger partial charge in [-0.05, 0) is 11.6 Å². The molecule has 1 N–H and O–H groups in total. The number of likely N-dealkylation sites (tertiary alicyclic amines) is 1. The molecule has 1 aromatic rings. The van der Waals surface area contributed by atoms with Crippen LogP contribution in [-0.2, 0) is 24.0 Å². The molecule has 2 aliphatic rings. The maximum absolute atomic E-state index is 12.3. The smallest absolute Gasteiger partial charge is 0.244 e. The van der Waals surface area contributed by atoms with Gasteiger partial charge in [0.05, 0.1) is 6.54 Å². The van der Waals surface area contributed by atoms with Crippen LogP contribution in [0.4, 0.5) is 0 Å². The lowest BCUT2D eigenvalue weighted by molar-refractivity contribution is -0.147. The molecule has 2 aliphatic heterocycles. The monoisotopic (exact) mass is 412 g/mol. The summed E-state index contributed by atoms with van der Waals surface area (Å²) in [6, 6.07) is 9.35. The number of hydrogen-bond donors (Lipinski definition) is 1. The van der Waals surface area contributed by atoms with Crippen LogP contribution in [0.1, 0.15) is 18.4 Å². The van der Waals surface area contributed by atoms with Crippen molar-refractivity contribution in [2.45, 2.75) is 12.8 Å². The lowest BCUT2D eigenvalue weighted by Crippen LogP contribution is -2.54. The first kappa shape index (κ1) is 21.2. The lowest BCUT2D eigenvalue weighted by atomic mass is 10.2. The molecule has 0 spiro atoms. The number of nitrogens with zero attached hydrogens (tertiary/aromatic N) is 3. The van der Waals surface area contributed by atoms with Crippen LogP contribution in [0.15, 0.2) is 36.4 Å². The van der Waals surface area contributed by atoms with E-state index >= 15 is 0 Å². The van der Waals surface area contributed by atoms with Crippen LogP contribution in [0.2, 0.25) is 0 Å². The van der Waals surface area contributed by atoms with E-state index in [2.05, 4.69) is 5.32 Å². The molecule has 1 aromatic carbocycles. The summed E-state index contributed by atoms with van der Waals surface area (Å²) < 4.78 is 0. The average Bonchev–Trinajstić information content (AvgIpc) is 3.08. The molecule has 2 heterocycles. The summed E-state index contributed by atoms with van der Waals surface area (Å²) in [5.41, 5.74) is 0.886. The van der Waals surface area contributed by atoms with E-state index in [4.69, 9.17) is 0 Å². The predicted molar refractivity (Wildman–Crippen MR) is 108 cm³/mol. The number of imide groups is 1. The van der Waals surface area contributed by atoms with Gasteiger partial charge in [-0.15, -0.1) is 0 Å². The van der Waals surface area contributed by atoms with Crippen molar-refractivity contribution >= 4 is 35.6 Å². The second kappa shape index (κ2) is 9.82. The third kappa shape index (κ3) is 5.53. The minimum atomic E-state index is -0.360. The molecule has 3 rings (SSSR count). The van der Waals surface area contributed by atoms with Crippen molar-refractivity contribution in [3.63, 3.8) is 0 Å². The van der Waals surface area contributed by atoms with Gasteiger partial charge in [0, 0.05) is 45.1 Å². The van der Waals surface area contributed by atoms with Gasteiger partial charge in [0.15, 0.2) is 0 Å². The van der Waals surface area contributed by atoms with E-state index in [1.54, 1.807) is 15.9 Å². The highest BCUT2D eigenvalue weighted by molar-refractivity contribution is 6.04. The standard InChI is InChI=1S/C21H24N4O5/c26-17(7-6-16-4-2-1-3-5-16)22-14-20(29)23-10-12-24(13-11-23)21(30)15-25-18(27)8-9-19(25)28/h1-7H,8-15H2,(H,22,26)/b7-6+. The number of carbonyl (C=O) groups excluding carboxylic acids is 5. The maximum Gasteiger partial charge on any atom is 0.244 e. The first-order chi connectivity index (χ1) is 14.4. The number of rotatable bonds is 6. The molecule has 0 saturated carbocycles. The third-order valence-electron chi connectivity index (χ3n) is 5.07. The number of nitrogens with one attached hydrogen (secondary N) is 1. The number of benzene rings is 1. The number of hydrogen-bond acceptors (Lipinski definition) is 5. The summed E-state index contributed by atoms with van der Waals surface area (Å²) in [6.07, 6.45) is 3.35. The van der Waals surface area contributed by atoms with Crippen molar-refractivity contribution in [3.8, 4) is 0 Å². The molecule has 9 nitrogen and oxygen atoms in total. The number of piperazine rings is 1. The Morgan fingerprint density at radius 2 is 1.43 bits per heavy atom. The Morgan fingerprint density at radius 1 is 0.867 bits per heavy atom. The van der Waals surface area contributed by atoms with Crippen molar-refractivity contribution in [2.24, 2.45) is 0 Å². The minimum Gasteiger partial charge on any atom is -0.343 e. The second-order valence-corrected chi connectivity index (χ2v) is 7.10. The topological polar surface area (TPSA) is 107 Å². The van der Waals surface area contributed by atoms with Gasteiger partial charge >= 0.3 is 0 Å². The molecular formula is C21H24N4O5. The molecule has 5 amide bonds. The highest BCUT2D eigenvalue weighted by atomic mass is 16.2. The molecule has 0 atom stereocenters. The quantitative estimate of drug-likeness (QED) is 0.507. The van der Waals surface area contributed by atoms with E-state index in [9.17, 15) is 24.0 Å². The van der Waals surface area contributed by atoms with Gasteiger partial charge in [-0.3, -0.25) is 28.9 Å². The van der Waals surface area contributed by atoms with Crippen LogP contribution in [0.25, 0.3) is 6.08 Å². The molecule has 0 radical (unpaired) electrons. The van der Waals surface area contributed by atoms with Gasteiger partial charge in [-0.2, -0.15) is 0 Å². The summed E-state index contributed by atoms with van der Waals surface area (Å²) in [7, 11) is 0. The zero-order valence-electron chi connectivity index (χ0n) is 16.6. The number of carbonyl (C=O) groups is 5. The molecule has 30 heavy (non-hydrogen) atoms. The van der Waals surface area contributed by atoms with Crippen LogP contribution in [0, 0.1) is 0 Å². The minimum absolute atomic E-state index is 0.122. The first-order valence-corrected chi connectivity index (χ1v) is 9.84. The summed E-state index contributed by atoms with van der Waals surface area (Å²) in [4.78, 5) is 63.9. The van der Waals surface area contributed by atoms with Gasteiger partial charge in [-0.1, -0.05) is 30.3 Å². The number of amides is 5. The van der Waals surface area contributed by atoms with Crippen molar-refractivity contribution in [1.29, 1.82) is 0 Å². The largest absolute Gasteiger partial charge is 0.343 e. The summed E-state index contributed by atoms with van der Waals surface area (Å²) >= 11 is 0. The molecular weight excluding hydrogens is 388 g/mol. The normalized spacial score (nSPS) is 17.0. The lowest BCUT2D eigenvalue weighted by Gasteiger charge is -2.35. The van der Waals surface area contributed by atoms with Gasteiger partial charge in [0.1, 0.15) is 6.54 Å². The fourth-order valence-electron chi connectivity index (χ4n) is 3.31. The third-order valence-corrected chi connectivity index (χ3v) is 5.07. The van der Waals surface area contributed by atoms with Crippen molar-refractivity contribution in [3.05, 3.63) is 42.0 Å². The average molecular weight is 412 g/mol. The highest BCUT2D eigenvalue weighted by Crippen LogP contribution is 2.12. The van der Waals surface area contributed by atoms with Crippen LogP contribution < -0.4 is 5.32 Å². The molecule has 0 bridgehead atoms. The zero-order chi connectivity index (χ0) is 21.5. The Kier molecular flexibility index (Phi) is 6.95. The van der Waals surface area contributed by atoms with Gasteiger partial charge in [0.2, 0.25) is 29.5 Å². The van der Waals surface area contributed by atoms with Crippen molar-refractivity contribution < 1.29 is 24.0 Å². The summed E-state index contributed by atoms with van der Waals surface area (Å²) in [5, 5.41) is 2.56. The second-order valence-electron chi connectivity index (χ2n) is 7.10. The van der Waals surface area contributed by atoms with Crippen molar-refractivity contribution in [2.75, 3.05) is 39.3 Å². The van der Waals surface area contributed by atoms with Crippen LogP contribution in [-0.4, -0.2) is 83.5 Å². The van der Waals surface area contributed by atoms with E-state index < -0.39 is 0 Å². The maximum atomic E-state index is 12.3. The summed E-state index contributed by atoms with van der Waals surface area (Å²) in [6.45, 7) is 0.952. The van der Waals surface area contributed by atoms with Crippen LogP contribution in [0.5, 0.6) is 0 Å². The van der Waals surface area contributed by atoms with E-state index in [1.807, 2.05) is 30.3 Å². The first-order valence-electron chi connectivity index (χ1n) is 9.84. The Labute approximate surface area is 174 Å². The van der Waals surface area contributed by atoms with Crippen LogP contribution in [0.3, 0.4) is 0 Å². The predicted octanol–water partition coefficient (Wildman–Crippen LogP) is -0.364. The Balaban J connectivity index is 1.39. The SMILES string of the molecule is O=C(/C=C/c1ccccc1)NCC(=O)N1CCN(C(=O)CN2C(=O)CCC2=O)CC1. The van der Waals surface area contributed by atoms with E-state index in [-0.39, 0.29) is 55.5 Å². The summed E-state index contributed by atoms with van der Waals surface area (Å²) in [5.74, 6) is -1.53. The van der Waals surface area contributed by atoms with Crippen LogP contribution >= 0.6 is 0 Å². The Hall–Kier alpha value is -3.49. The van der Waals surface area contributed by atoms with Crippen molar-refractivity contribution in [1.82, 2.24) is 20.0 Å².